The van der Waals surface area contributed by atoms with Crippen molar-refractivity contribution in [3.63, 3.8) is 0 Å². The van der Waals surface area contributed by atoms with Gasteiger partial charge in [-0.05, 0) is 71.1 Å². The molecule has 0 amide bonds. The zero-order valence-electron chi connectivity index (χ0n) is 28.2. The summed E-state index contributed by atoms with van der Waals surface area (Å²) >= 11 is 0. The number of hydrogen-bond donors (Lipinski definition) is 1. The third-order valence-corrected chi connectivity index (χ3v) is 6.97. The molecule has 0 heterocycles. The Kier molecular flexibility index (Phi) is 29.8. The highest BCUT2D eigenvalue weighted by atomic mass is 31.2. The Balaban J connectivity index is 4.49. The first-order chi connectivity index (χ1) is 22.3. The van der Waals surface area contributed by atoms with E-state index in [1.54, 1.807) is 6.92 Å². The van der Waals surface area contributed by atoms with Crippen LogP contribution in [0.5, 0.6) is 0 Å². The molecule has 0 fully saturated rings. The van der Waals surface area contributed by atoms with Gasteiger partial charge in [0.25, 0.3) is 0 Å². The van der Waals surface area contributed by atoms with E-state index in [1.807, 2.05) is 24.3 Å². The molecule has 1 N–H and O–H groups in total. The van der Waals surface area contributed by atoms with E-state index < -0.39 is 32.5 Å². The maximum atomic E-state index is 12.4. The second kappa shape index (κ2) is 31.9. The van der Waals surface area contributed by atoms with Crippen LogP contribution in [-0.2, 0) is 32.7 Å². The number of carbonyl (C=O) groups is 2. The van der Waals surface area contributed by atoms with Gasteiger partial charge in [-0.1, -0.05) is 111 Å². The molecule has 0 aromatic heterocycles. The first kappa shape index (κ1) is 43.0. The van der Waals surface area contributed by atoms with Crippen molar-refractivity contribution in [3.05, 3.63) is 97.2 Å². The highest BCUT2D eigenvalue weighted by Crippen LogP contribution is 2.43. The zero-order chi connectivity index (χ0) is 34.0. The molecule has 0 aromatic carbocycles. The van der Waals surface area contributed by atoms with Gasteiger partial charge in [0.15, 0.2) is 6.10 Å². The summed E-state index contributed by atoms with van der Waals surface area (Å²) in [5.41, 5.74) is 0. The summed E-state index contributed by atoms with van der Waals surface area (Å²) < 4.78 is 32.2. The number of esters is 2. The standard InChI is InChI=1S/C37H57O8P/c1-4-7-9-11-13-15-17-19-21-23-25-27-29-31-36(38)42-33-35(34-44-46(40,41)43-6-3)45-37(39)32-30-28-26-24-22-20-18-16-14-12-10-8-5-2/h7-10,13-16,19-22,25-28,35H,4-6,11-12,17-18,23-24,29-34H2,1-3H3,(H,40,41)/b9-7-,10-8-,15-13-,16-14-,21-19-,22-20-,27-25-,28-26-. The summed E-state index contributed by atoms with van der Waals surface area (Å²) in [7, 11) is -4.31. The second-order valence-corrected chi connectivity index (χ2v) is 11.5. The van der Waals surface area contributed by atoms with Crippen LogP contribution in [0.15, 0.2) is 97.2 Å². The molecule has 0 bridgehead atoms. The Labute approximate surface area is 277 Å². The van der Waals surface area contributed by atoms with Crippen LogP contribution in [0.1, 0.15) is 97.8 Å². The van der Waals surface area contributed by atoms with E-state index in [9.17, 15) is 19.0 Å². The normalized spacial score (nSPS) is 14.8. The van der Waals surface area contributed by atoms with Gasteiger partial charge in [0.1, 0.15) is 6.61 Å². The Morgan fingerprint density at radius 3 is 1.37 bits per heavy atom. The summed E-state index contributed by atoms with van der Waals surface area (Å²) in [4.78, 5) is 34.4. The van der Waals surface area contributed by atoms with Crippen molar-refractivity contribution < 1.29 is 37.6 Å². The van der Waals surface area contributed by atoms with Crippen LogP contribution in [0.25, 0.3) is 0 Å². The molecular weight excluding hydrogens is 603 g/mol. The molecule has 2 atom stereocenters. The van der Waals surface area contributed by atoms with Gasteiger partial charge in [0, 0.05) is 12.8 Å². The molecule has 258 valence electrons. The van der Waals surface area contributed by atoms with Crippen LogP contribution in [0.2, 0.25) is 0 Å². The molecule has 9 heteroatoms. The largest absolute Gasteiger partial charge is 0.472 e. The monoisotopic (exact) mass is 660 g/mol. The molecular formula is C37H57O8P. The molecule has 46 heavy (non-hydrogen) atoms. The Hall–Kier alpha value is -3.03. The first-order valence-electron chi connectivity index (χ1n) is 16.5. The smallest absolute Gasteiger partial charge is 0.462 e. The highest BCUT2D eigenvalue weighted by Gasteiger charge is 2.25. The van der Waals surface area contributed by atoms with E-state index >= 15 is 0 Å². The number of ether oxygens (including phenoxy) is 2. The number of phosphoric acid groups is 1. The fourth-order valence-electron chi connectivity index (χ4n) is 3.59. The van der Waals surface area contributed by atoms with Crippen LogP contribution in [-0.4, -0.2) is 42.8 Å². The third kappa shape index (κ3) is 31.0. The van der Waals surface area contributed by atoms with Gasteiger partial charge < -0.3 is 14.4 Å². The molecule has 0 saturated heterocycles. The summed E-state index contributed by atoms with van der Waals surface area (Å²) in [5, 5.41) is 0. The maximum Gasteiger partial charge on any atom is 0.472 e. The van der Waals surface area contributed by atoms with E-state index in [4.69, 9.17) is 18.5 Å². The number of phosphoric ester groups is 1. The summed E-state index contributed by atoms with van der Waals surface area (Å²) in [5.74, 6) is -1.00. The van der Waals surface area contributed by atoms with Crippen molar-refractivity contribution in [2.24, 2.45) is 0 Å². The highest BCUT2D eigenvalue weighted by molar-refractivity contribution is 7.47. The summed E-state index contributed by atoms with van der Waals surface area (Å²) in [6.45, 7) is 5.01. The molecule has 0 radical (unpaired) electrons. The van der Waals surface area contributed by atoms with Crippen LogP contribution in [0.4, 0.5) is 0 Å². The van der Waals surface area contributed by atoms with Crippen molar-refractivity contribution in [1.82, 2.24) is 0 Å². The predicted octanol–water partition coefficient (Wildman–Crippen LogP) is 9.77. The minimum atomic E-state index is -4.31. The topological polar surface area (TPSA) is 108 Å². The summed E-state index contributed by atoms with van der Waals surface area (Å²) in [6, 6.07) is 0. The van der Waals surface area contributed by atoms with Crippen molar-refractivity contribution in [2.75, 3.05) is 19.8 Å². The first-order valence-corrected chi connectivity index (χ1v) is 18.0. The van der Waals surface area contributed by atoms with E-state index in [2.05, 4.69) is 86.8 Å². The molecule has 0 rings (SSSR count). The average molecular weight is 661 g/mol. The molecule has 0 aromatic rings. The lowest BCUT2D eigenvalue weighted by Crippen LogP contribution is -2.29. The Morgan fingerprint density at radius 2 is 0.957 bits per heavy atom. The van der Waals surface area contributed by atoms with Crippen molar-refractivity contribution in [2.45, 2.75) is 104 Å². The maximum absolute atomic E-state index is 12.4. The lowest BCUT2D eigenvalue weighted by Gasteiger charge is -2.19. The second-order valence-electron chi connectivity index (χ2n) is 10.1. The molecule has 2 unspecified atom stereocenters. The van der Waals surface area contributed by atoms with Gasteiger partial charge in [-0.25, -0.2) is 4.57 Å². The molecule has 0 spiro atoms. The molecule has 8 nitrogen and oxygen atoms in total. The van der Waals surface area contributed by atoms with Crippen molar-refractivity contribution in [1.29, 1.82) is 0 Å². The lowest BCUT2D eigenvalue weighted by molar-refractivity contribution is -0.161. The van der Waals surface area contributed by atoms with Crippen molar-refractivity contribution >= 4 is 19.8 Å². The molecule has 0 aliphatic rings. The Bertz CT molecular complexity index is 1070. The fourth-order valence-corrected chi connectivity index (χ4v) is 4.35. The average Bonchev–Trinajstić information content (AvgIpc) is 3.03. The molecule has 0 aliphatic carbocycles. The number of carbonyl (C=O) groups excluding carboxylic acids is 2. The lowest BCUT2D eigenvalue weighted by atomic mass is 10.2. The van der Waals surface area contributed by atoms with Crippen LogP contribution in [0, 0.1) is 0 Å². The van der Waals surface area contributed by atoms with Gasteiger partial charge in [0.05, 0.1) is 13.2 Å². The van der Waals surface area contributed by atoms with E-state index in [0.717, 1.165) is 51.4 Å². The van der Waals surface area contributed by atoms with Gasteiger partial charge in [-0.2, -0.15) is 0 Å². The van der Waals surface area contributed by atoms with E-state index in [0.29, 0.717) is 12.8 Å². The van der Waals surface area contributed by atoms with Crippen LogP contribution < -0.4 is 0 Å². The minimum absolute atomic E-state index is 0.0284. The number of allylic oxidation sites excluding steroid dienone is 16. The predicted molar refractivity (Wildman–Crippen MR) is 188 cm³/mol. The number of rotatable bonds is 28. The van der Waals surface area contributed by atoms with Crippen LogP contribution >= 0.6 is 7.82 Å². The SMILES string of the molecule is CC/C=C\C/C=C\C/C=C\C/C=C\CCC(=O)OCC(COP(=O)(O)OCC)OC(=O)CC/C=C\C/C=C\C/C=C\C/C=C\CC. The summed E-state index contributed by atoms with van der Waals surface area (Å²) in [6.07, 6.45) is 40.7. The molecule has 0 aliphatic heterocycles. The third-order valence-electron chi connectivity index (χ3n) is 5.91. The molecule has 0 saturated carbocycles. The van der Waals surface area contributed by atoms with Gasteiger partial charge in [-0.15, -0.1) is 0 Å². The zero-order valence-corrected chi connectivity index (χ0v) is 29.1. The Morgan fingerprint density at radius 1 is 0.565 bits per heavy atom. The van der Waals surface area contributed by atoms with Gasteiger partial charge in [0.2, 0.25) is 0 Å². The van der Waals surface area contributed by atoms with Gasteiger partial charge >= 0.3 is 19.8 Å². The number of hydrogen-bond acceptors (Lipinski definition) is 7. The van der Waals surface area contributed by atoms with Crippen LogP contribution in [0.3, 0.4) is 0 Å². The minimum Gasteiger partial charge on any atom is -0.462 e. The van der Waals surface area contributed by atoms with E-state index in [1.165, 1.54) is 0 Å². The fraction of sp³-hybridized carbons (Fsp3) is 0.514. The van der Waals surface area contributed by atoms with E-state index in [-0.39, 0.29) is 26.1 Å². The van der Waals surface area contributed by atoms with Gasteiger partial charge in [-0.3, -0.25) is 18.6 Å². The quantitative estimate of drug-likeness (QED) is 0.0502. The van der Waals surface area contributed by atoms with Crippen molar-refractivity contribution in [3.8, 4) is 0 Å².